The molecule has 13 heteroatoms. The summed E-state index contributed by atoms with van der Waals surface area (Å²) in [7, 11) is 0. The Morgan fingerprint density at radius 2 is 1.79 bits per heavy atom. The lowest BCUT2D eigenvalue weighted by Crippen LogP contribution is -2.53. The van der Waals surface area contributed by atoms with Crippen molar-refractivity contribution < 1.29 is 14.4 Å². The Balaban J connectivity index is 1.96. The molecule has 9 nitrogen and oxygen atoms in total. The van der Waals surface area contributed by atoms with E-state index in [0.717, 1.165) is 0 Å². The Hall–Kier alpha value is -2.66. The first-order chi connectivity index (χ1) is 15.4. The number of primary amides is 1. The van der Waals surface area contributed by atoms with Gasteiger partial charge in [0, 0.05) is 17.4 Å². The highest BCUT2D eigenvalue weighted by Crippen LogP contribution is 2.32. The minimum Gasteiger partial charge on any atom is -0.368 e. The van der Waals surface area contributed by atoms with Crippen molar-refractivity contribution >= 4 is 74.1 Å². The van der Waals surface area contributed by atoms with Crippen molar-refractivity contribution in [1.82, 2.24) is 20.1 Å². The van der Waals surface area contributed by atoms with E-state index in [-0.39, 0.29) is 31.5 Å². The lowest BCUT2D eigenvalue weighted by molar-refractivity contribution is -0.122. The Labute approximate surface area is 211 Å². The third kappa shape index (κ3) is 5.47. The van der Waals surface area contributed by atoms with E-state index in [1.807, 2.05) is 0 Å². The van der Waals surface area contributed by atoms with E-state index in [1.54, 1.807) is 12.1 Å². The van der Waals surface area contributed by atoms with Gasteiger partial charge in [0.25, 0.3) is 11.8 Å². The van der Waals surface area contributed by atoms with Crippen LogP contribution in [0.15, 0.2) is 41.3 Å². The van der Waals surface area contributed by atoms with Gasteiger partial charge in [0.15, 0.2) is 5.82 Å². The Bertz CT molecular complexity index is 1280. The highest BCUT2D eigenvalue weighted by molar-refractivity contribution is 9.10. The number of nitrogens with zero attached hydrogens (tertiary/aromatic N) is 3. The molecule has 4 N–H and O–H groups in total. The van der Waals surface area contributed by atoms with Gasteiger partial charge in [-0.25, -0.2) is 9.67 Å². The molecule has 0 aliphatic heterocycles. The van der Waals surface area contributed by atoms with Gasteiger partial charge in [0.05, 0.1) is 26.9 Å². The normalized spacial score (nSPS) is 11.2. The number of benzene rings is 1. The predicted molar refractivity (Wildman–Crippen MR) is 129 cm³/mol. The van der Waals surface area contributed by atoms with Crippen LogP contribution in [0.25, 0.3) is 5.82 Å². The first-order valence-electron chi connectivity index (χ1n) is 9.19. The summed E-state index contributed by atoms with van der Waals surface area (Å²) in [6.07, 6.45) is 2.94. The standard InChI is InChI=1S/C20H16BrCl3N6O3/c1-20(2,19(25)33)28-18(32)10-6-9(22)7-13(24)14(10)27-17(31)11-8-30(29-15(11)21)16-12(23)4-3-5-26-16/h3-8H,1-2H3,(H2,25,33)(H,27,31)(H,28,32). The van der Waals surface area contributed by atoms with Crippen LogP contribution in [0.2, 0.25) is 15.1 Å². The van der Waals surface area contributed by atoms with Gasteiger partial charge in [-0.05, 0) is 54.0 Å². The molecule has 0 spiro atoms. The van der Waals surface area contributed by atoms with Crippen LogP contribution in [0.3, 0.4) is 0 Å². The van der Waals surface area contributed by atoms with E-state index in [0.29, 0.717) is 10.8 Å². The second kappa shape index (κ2) is 9.68. The molecule has 1 aromatic carbocycles. The molecule has 0 atom stereocenters. The van der Waals surface area contributed by atoms with E-state index in [9.17, 15) is 14.4 Å². The van der Waals surface area contributed by atoms with Crippen molar-refractivity contribution in [2.45, 2.75) is 19.4 Å². The number of carbonyl (C=O) groups is 3. The predicted octanol–water partition coefficient (Wildman–Crippen LogP) is 4.24. The average molecular weight is 575 g/mol. The molecule has 0 saturated carbocycles. The van der Waals surface area contributed by atoms with Gasteiger partial charge in [-0.15, -0.1) is 0 Å². The number of nitrogens with two attached hydrogens (primary N) is 1. The van der Waals surface area contributed by atoms with Crippen molar-refractivity contribution in [3.63, 3.8) is 0 Å². The zero-order valence-corrected chi connectivity index (χ0v) is 21.0. The minimum atomic E-state index is -1.36. The molecule has 3 aromatic rings. The first-order valence-corrected chi connectivity index (χ1v) is 11.1. The molecule has 2 aromatic heterocycles. The lowest BCUT2D eigenvalue weighted by Gasteiger charge is -2.23. The van der Waals surface area contributed by atoms with Crippen molar-refractivity contribution in [3.8, 4) is 5.82 Å². The molecule has 0 radical (unpaired) electrons. The second-order valence-corrected chi connectivity index (χ2v) is 9.30. The van der Waals surface area contributed by atoms with Gasteiger partial charge >= 0.3 is 0 Å². The molecule has 0 unspecified atom stereocenters. The second-order valence-electron chi connectivity index (χ2n) is 7.29. The first kappa shape index (κ1) is 25.0. The average Bonchev–Trinajstić information content (AvgIpc) is 3.11. The summed E-state index contributed by atoms with van der Waals surface area (Å²) in [6, 6.07) is 5.96. The highest BCUT2D eigenvalue weighted by atomic mass is 79.9. The SMILES string of the molecule is CC(C)(NC(=O)c1cc(Cl)cc(Cl)c1NC(=O)c1cn(-c2ncccc2Cl)nc1Br)C(N)=O. The Morgan fingerprint density at radius 3 is 2.42 bits per heavy atom. The maximum Gasteiger partial charge on any atom is 0.260 e. The molecule has 0 bridgehead atoms. The summed E-state index contributed by atoms with van der Waals surface area (Å²) in [5.41, 5.74) is 4.00. The summed E-state index contributed by atoms with van der Waals surface area (Å²) in [5.74, 6) is -1.78. The van der Waals surface area contributed by atoms with Crippen LogP contribution in [0, 0.1) is 0 Å². The van der Waals surface area contributed by atoms with E-state index < -0.39 is 23.3 Å². The third-order valence-corrected chi connectivity index (χ3v) is 5.85. The number of pyridine rings is 1. The zero-order valence-electron chi connectivity index (χ0n) is 17.1. The summed E-state index contributed by atoms with van der Waals surface area (Å²) in [5, 5.41) is 9.78. The fourth-order valence-corrected chi connectivity index (χ4v) is 3.84. The van der Waals surface area contributed by atoms with Gasteiger partial charge in [-0.1, -0.05) is 34.8 Å². The largest absolute Gasteiger partial charge is 0.368 e. The van der Waals surface area contributed by atoms with Crippen LogP contribution in [-0.2, 0) is 4.79 Å². The topological polar surface area (TPSA) is 132 Å². The van der Waals surface area contributed by atoms with Gasteiger partial charge < -0.3 is 16.4 Å². The maximum atomic E-state index is 13.0. The van der Waals surface area contributed by atoms with Crippen LogP contribution in [0.4, 0.5) is 5.69 Å². The molecular weight excluding hydrogens is 559 g/mol. The van der Waals surface area contributed by atoms with E-state index in [4.69, 9.17) is 40.5 Å². The van der Waals surface area contributed by atoms with Gasteiger partial charge in [-0.3, -0.25) is 14.4 Å². The monoisotopic (exact) mass is 572 g/mol. The number of anilines is 1. The molecule has 2 heterocycles. The van der Waals surface area contributed by atoms with Crippen molar-refractivity contribution in [1.29, 1.82) is 0 Å². The number of halogens is 4. The number of hydrogen-bond acceptors (Lipinski definition) is 5. The summed E-state index contributed by atoms with van der Waals surface area (Å²) >= 11 is 21.7. The van der Waals surface area contributed by atoms with Crippen LogP contribution in [-0.4, -0.2) is 38.0 Å². The molecule has 3 amide bonds. The number of nitrogens with one attached hydrogen (secondary N) is 2. The summed E-state index contributed by atoms with van der Waals surface area (Å²) in [6.45, 7) is 2.87. The Morgan fingerprint density at radius 1 is 1.09 bits per heavy atom. The maximum absolute atomic E-state index is 13.0. The summed E-state index contributed by atoms with van der Waals surface area (Å²) in [4.78, 5) is 41.6. The number of rotatable bonds is 6. The molecule has 0 fully saturated rings. The smallest absolute Gasteiger partial charge is 0.260 e. The van der Waals surface area contributed by atoms with Crippen LogP contribution >= 0.6 is 50.7 Å². The molecule has 0 aliphatic carbocycles. The Kier molecular flexibility index (Phi) is 7.32. The van der Waals surface area contributed by atoms with Crippen molar-refractivity contribution in [3.05, 3.63) is 67.5 Å². The minimum absolute atomic E-state index is 0.00849. The number of hydrogen-bond donors (Lipinski definition) is 3. The van der Waals surface area contributed by atoms with Gasteiger partial charge in [0.1, 0.15) is 10.1 Å². The fraction of sp³-hybridized carbons (Fsp3) is 0.150. The number of aromatic nitrogens is 3. The number of amides is 3. The van der Waals surface area contributed by atoms with Crippen LogP contribution in [0.1, 0.15) is 34.6 Å². The highest BCUT2D eigenvalue weighted by Gasteiger charge is 2.29. The molecule has 172 valence electrons. The van der Waals surface area contributed by atoms with Crippen molar-refractivity contribution in [2.24, 2.45) is 5.73 Å². The van der Waals surface area contributed by atoms with Crippen LogP contribution in [0.5, 0.6) is 0 Å². The lowest BCUT2D eigenvalue weighted by atomic mass is 10.0. The van der Waals surface area contributed by atoms with E-state index in [2.05, 4.69) is 36.6 Å². The van der Waals surface area contributed by atoms with Crippen molar-refractivity contribution in [2.75, 3.05) is 5.32 Å². The molecule has 0 aliphatic rings. The third-order valence-electron chi connectivity index (χ3n) is 4.45. The zero-order chi connectivity index (χ0) is 24.5. The molecular formula is C20H16BrCl3N6O3. The van der Waals surface area contributed by atoms with Gasteiger partial charge in [-0.2, -0.15) is 5.10 Å². The van der Waals surface area contributed by atoms with E-state index >= 15 is 0 Å². The molecule has 33 heavy (non-hydrogen) atoms. The van der Waals surface area contributed by atoms with E-state index in [1.165, 1.54) is 43.1 Å². The molecule has 0 saturated heterocycles. The number of carbonyl (C=O) groups excluding carboxylic acids is 3. The quantitative estimate of drug-likeness (QED) is 0.405. The molecule has 3 rings (SSSR count). The van der Waals surface area contributed by atoms with Crippen LogP contribution < -0.4 is 16.4 Å². The fourth-order valence-electron chi connectivity index (χ4n) is 2.63. The van der Waals surface area contributed by atoms with Gasteiger partial charge in [0.2, 0.25) is 5.91 Å². The summed E-state index contributed by atoms with van der Waals surface area (Å²) < 4.78 is 1.53.